The van der Waals surface area contributed by atoms with Crippen LogP contribution in [-0.4, -0.2) is 53.4 Å². The number of amides is 1. The molecule has 3 heterocycles. The quantitative estimate of drug-likeness (QED) is 0.192. The average molecular weight is 670 g/mol. The SMILES string of the molecule is COc1nc(-c2cccc(-c3ccnc(-c4cc(F)c5c(c4)CCN(CCCF)C5)c3Cl)c2Cl)ccc1COC(=O)NC(C)(C)C. The van der Waals surface area contributed by atoms with Crippen LogP contribution in [0.25, 0.3) is 33.6 Å². The van der Waals surface area contributed by atoms with Gasteiger partial charge >= 0.3 is 6.09 Å². The van der Waals surface area contributed by atoms with Gasteiger partial charge in [-0.2, -0.15) is 0 Å². The van der Waals surface area contributed by atoms with Gasteiger partial charge in [0.1, 0.15) is 12.4 Å². The zero-order valence-corrected chi connectivity index (χ0v) is 27.7. The molecule has 0 fully saturated rings. The molecule has 5 rings (SSSR count). The molecule has 0 bridgehead atoms. The van der Waals surface area contributed by atoms with Crippen molar-refractivity contribution in [3.8, 4) is 39.5 Å². The Morgan fingerprint density at radius 1 is 1.07 bits per heavy atom. The molecule has 0 aliphatic carbocycles. The van der Waals surface area contributed by atoms with Gasteiger partial charge < -0.3 is 14.8 Å². The summed E-state index contributed by atoms with van der Waals surface area (Å²) in [5.41, 5.74) is 5.20. The maximum atomic E-state index is 15.4. The van der Waals surface area contributed by atoms with Gasteiger partial charge in [-0.25, -0.2) is 14.2 Å². The first-order chi connectivity index (χ1) is 22.0. The Morgan fingerprint density at radius 2 is 1.83 bits per heavy atom. The standard InChI is InChI=1S/C35H36Cl2F2N4O3/c1-35(2,3)42-34(44)46-20-22-9-10-29(41-33(22)45-4)26-8-5-7-24(30(26)36)25-11-14-40-32(31(25)37)23-17-21-12-16-43(15-6-13-38)19-27(21)28(39)18-23/h5,7-11,14,17-18H,6,12-13,15-16,19-20H2,1-4H3,(H,42,44). The van der Waals surface area contributed by atoms with Crippen molar-refractivity contribution in [3.63, 3.8) is 0 Å². The van der Waals surface area contributed by atoms with Crippen LogP contribution in [0.2, 0.25) is 10.0 Å². The van der Waals surface area contributed by atoms with E-state index in [9.17, 15) is 9.18 Å². The molecule has 0 saturated carbocycles. The molecule has 46 heavy (non-hydrogen) atoms. The maximum Gasteiger partial charge on any atom is 0.407 e. The maximum absolute atomic E-state index is 15.4. The highest BCUT2D eigenvalue weighted by atomic mass is 35.5. The fourth-order valence-corrected chi connectivity index (χ4v) is 6.12. The molecule has 1 N–H and O–H groups in total. The second-order valence-electron chi connectivity index (χ2n) is 12.2. The Kier molecular flexibility index (Phi) is 10.5. The number of hydrogen-bond acceptors (Lipinski definition) is 6. The van der Waals surface area contributed by atoms with Crippen molar-refractivity contribution in [2.24, 2.45) is 0 Å². The molecule has 7 nitrogen and oxygen atoms in total. The summed E-state index contributed by atoms with van der Waals surface area (Å²) in [5, 5.41) is 3.50. The number of carbonyl (C=O) groups excluding carboxylic acids is 1. The van der Waals surface area contributed by atoms with E-state index in [4.69, 9.17) is 32.7 Å². The number of benzene rings is 2. The Morgan fingerprint density at radius 3 is 2.57 bits per heavy atom. The highest BCUT2D eigenvalue weighted by molar-refractivity contribution is 6.39. The van der Waals surface area contributed by atoms with E-state index in [-0.39, 0.29) is 19.1 Å². The monoisotopic (exact) mass is 668 g/mol. The molecule has 1 aliphatic heterocycles. The summed E-state index contributed by atoms with van der Waals surface area (Å²) in [6.07, 6.45) is 2.18. The van der Waals surface area contributed by atoms with Crippen molar-refractivity contribution in [1.29, 1.82) is 0 Å². The van der Waals surface area contributed by atoms with Gasteiger partial charge in [0.2, 0.25) is 5.88 Å². The molecular weight excluding hydrogens is 633 g/mol. The summed E-state index contributed by atoms with van der Waals surface area (Å²) >= 11 is 14.0. The number of aromatic nitrogens is 2. The van der Waals surface area contributed by atoms with E-state index in [2.05, 4.69) is 20.2 Å². The molecule has 0 atom stereocenters. The highest BCUT2D eigenvalue weighted by Crippen LogP contribution is 2.42. The van der Waals surface area contributed by atoms with Crippen LogP contribution >= 0.6 is 23.2 Å². The van der Waals surface area contributed by atoms with E-state index < -0.39 is 11.6 Å². The topological polar surface area (TPSA) is 76.6 Å². The van der Waals surface area contributed by atoms with Crippen molar-refractivity contribution in [2.45, 2.75) is 52.3 Å². The van der Waals surface area contributed by atoms with Crippen LogP contribution in [0.3, 0.4) is 0 Å². The summed E-state index contributed by atoms with van der Waals surface area (Å²) in [7, 11) is 1.49. The Bertz CT molecular complexity index is 1750. The van der Waals surface area contributed by atoms with Crippen LogP contribution in [0.15, 0.2) is 54.7 Å². The third kappa shape index (κ3) is 7.60. The largest absolute Gasteiger partial charge is 0.481 e. The van der Waals surface area contributed by atoms with E-state index >= 15 is 4.39 Å². The van der Waals surface area contributed by atoms with Gasteiger partial charge in [0.15, 0.2) is 0 Å². The van der Waals surface area contributed by atoms with Gasteiger partial charge in [-0.05, 0) is 69.5 Å². The molecule has 11 heteroatoms. The van der Waals surface area contributed by atoms with E-state index in [0.29, 0.717) is 86.6 Å². The van der Waals surface area contributed by atoms with Crippen LogP contribution < -0.4 is 10.1 Å². The first-order valence-electron chi connectivity index (χ1n) is 15.0. The number of nitrogens with zero attached hydrogens (tertiary/aromatic N) is 3. The first kappa shape index (κ1) is 33.6. The Balaban J connectivity index is 1.43. The first-order valence-corrected chi connectivity index (χ1v) is 15.8. The second kappa shape index (κ2) is 14.3. The number of ether oxygens (including phenoxy) is 2. The van der Waals surface area contributed by atoms with Crippen LogP contribution in [0.5, 0.6) is 5.88 Å². The van der Waals surface area contributed by atoms with Crippen molar-refractivity contribution in [1.82, 2.24) is 20.2 Å². The van der Waals surface area contributed by atoms with E-state index in [1.165, 1.54) is 13.2 Å². The lowest BCUT2D eigenvalue weighted by molar-refractivity contribution is 0.130. The minimum absolute atomic E-state index is 0.0256. The Labute approximate surface area is 277 Å². The van der Waals surface area contributed by atoms with E-state index in [0.717, 1.165) is 12.1 Å². The molecule has 1 amide bonds. The van der Waals surface area contributed by atoms with Crippen LogP contribution in [0.4, 0.5) is 13.6 Å². The number of pyridine rings is 2. The number of nitrogens with one attached hydrogen (secondary N) is 1. The molecular formula is C35H36Cl2F2N4O3. The fourth-order valence-electron chi connectivity index (χ4n) is 5.47. The number of methoxy groups -OCH3 is 1. The molecule has 0 saturated heterocycles. The van der Waals surface area contributed by atoms with E-state index in [1.807, 2.05) is 45.0 Å². The van der Waals surface area contributed by atoms with Crippen molar-refractivity contribution in [2.75, 3.05) is 26.9 Å². The molecule has 242 valence electrons. The molecule has 4 aromatic rings. The van der Waals surface area contributed by atoms with Gasteiger partial charge in [-0.1, -0.05) is 41.4 Å². The van der Waals surface area contributed by atoms with Gasteiger partial charge in [-0.3, -0.25) is 14.3 Å². The summed E-state index contributed by atoms with van der Waals surface area (Å²) < 4.78 is 38.9. The third-order valence-corrected chi connectivity index (χ3v) is 8.46. The number of fused-ring (bicyclic) bond motifs is 1. The normalized spacial score (nSPS) is 13.3. The molecule has 2 aromatic heterocycles. The number of alkyl carbamates (subject to hydrolysis) is 1. The van der Waals surface area contributed by atoms with Crippen LogP contribution in [0, 0.1) is 5.82 Å². The minimum atomic E-state index is -0.544. The highest BCUT2D eigenvalue weighted by Gasteiger charge is 2.23. The van der Waals surface area contributed by atoms with Gasteiger partial charge in [0, 0.05) is 59.2 Å². The third-order valence-electron chi connectivity index (χ3n) is 7.67. The predicted octanol–water partition coefficient (Wildman–Crippen LogP) is 8.67. The summed E-state index contributed by atoms with van der Waals surface area (Å²) in [4.78, 5) is 23.4. The van der Waals surface area contributed by atoms with Gasteiger partial charge in [-0.15, -0.1) is 0 Å². The number of carbonyl (C=O) groups is 1. The lowest BCUT2D eigenvalue weighted by atomic mass is 9.94. The molecule has 0 radical (unpaired) electrons. The number of alkyl halides is 1. The lowest BCUT2D eigenvalue weighted by Crippen LogP contribution is -2.40. The van der Waals surface area contributed by atoms with Crippen molar-refractivity contribution >= 4 is 29.3 Å². The van der Waals surface area contributed by atoms with Crippen molar-refractivity contribution < 1.29 is 23.0 Å². The second-order valence-corrected chi connectivity index (χ2v) is 12.9. The summed E-state index contributed by atoms with van der Waals surface area (Å²) in [5.74, 6) is -0.0313. The van der Waals surface area contributed by atoms with Gasteiger partial charge in [0.25, 0.3) is 0 Å². The molecule has 0 unspecified atom stereocenters. The van der Waals surface area contributed by atoms with Crippen LogP contribution in [0.1, 0.15) is 43.9 Å². The average Bonchev–Trinajstić information content (AvgIpc) is 3.02. The molecule has 0 spiro atoms. The smallest absolute Gasteiger partial charge is 0.407 e. The summed E-state index contributed by atoms with van der Waals surface area (Å²) in [6.45, 7) is 6.97. The minimum Gasteiger partial charge on any atom is -0.481 e. The number of halogens is 4. The molecule has 1 aliphatic rings. The Hall–Kier alpha value is -3.79. The number of rotatable bonds is 9. The van der Waals surface area contributed by atoms with E-state index in [1.54, 1.807) is 24.4 Å². The zero-order valence-electron chi connectivity index (χ0n) is 26.2. The predicted molar refractivity (Wildman–Crippen MR) is 178 cm³/mol. The van der Waals surface area contributed by atoms with Crippen LogP contribution in [-0.2, 0) is 24.3 Å². The van der Waals surface area contributed by atoms with Gasteiger partial charge in [0.05, 0.1) is 40.8 Å². The number of hydrogen-bond donors (Lipinski definition) is 1. The zero-order chi connectivity index (χ0) is 33.0. The van der Waals surface area contributed by atoms with Crippen molar-refractivity contribution in [3.05, 3.63) is 87.3 Å². The fraction of sp³-hybridized carbons (Fsp3) is 0.343. The molecule has 2 aromatic carbocycles. The summed E-state index contributed by atoms with van der Waals surface area (Å²) in [6, 6.07) is 14.3. The lowest BCUT2D eigenvalue weighted by Gasteiger charge is -2.29.